The lowest BCUT2D eigenvalue weighted by atomic mass is 10.1. The van der Waals surface area contributed by atoms with Crippen LogP contribution >= 0.6 is 11.6 Å². The van der Waals surface area contributed by atoms with Gasteiger partial charge in [0.2, 0.25) is 5.89 Å². The van der Waals surface area contributed by atoms with Crippen LogP contribution in [0.5, 0.6) is 5.75 Å². The zero-order chi connectivity index (χ0) is 15.6. The summed E-state index contributed by atoms with van der Waals surface area (Å²) < 4.78 is 9.64. The number of aromatic carboxylic acids is 1. The molecule has 0 saturated carbocycles. The highest BCUT2D eigenvalue weighted by atomic mass is 35.5. The second kappa shape index (κ2) is 5.80. The highest BCUT2D eigenvalue weighted by molar-refractivity contribution is 6.34. The van der Waals surface area contributed by atoms with Crippen LogP contribution in [0.3, 0.4) is 0 Å². The molecule has 0 aliphatic carbocycles. The molecule has 0 atom stereocenters. The number of aromatic nitrogens is 2. The maximum absolute atomic E-state index is 11.9. The van der Waals surface area contributed by atoms with E-state index in [2.05, 4.69) is 15.5 Å². The predicted molar refractivity (Wildman–Crippen MR) is 72.0 cm³/mol. The fourth-order valence-electron chi connectivity index (χ4n) is 1.55. The van der Waals surface area contributed by atoms with Crippen molar-refractivity contribution in [1.82, 2.24) is 10.1 Å². The molecule has 0 aliphatic heterocycles. The van der Waals surface area contributed by atoms with Crippen LogP contribution in [0, 0.1) is 6.92 Å². The number of halogens is 1. The van der Waals surface area contributed by atoms with E-state index >= 15 is 0 Å². The molecule has 0 fully saturated rings. The van der Waals surface area contributed by atoms with Crippen LogP contribution in [0.2, 0.25) is 5.02 Å². The fourth-order valence-corrected chi connectivity index (χ4v) is 1.77. The van der Waals surface area contributed by atoms with Crippen LogP contribution in [0.4, 0.5) is 5.69 Å². The minimum Gasteiger partial charge on any atom is -0.496 e. The van der Waals surface area contributed by atoms with Crippen LogP contribution in [0.15, 0.2) is 16.7 Å². The SMILES string of the molecule is COc1cc(NC(=O)c2noc(C)n2)c(Cl)cc1C(=O)O. The monoisotopic (exact) mass is 311 g/mol. The normalized spacial score (nSPS) is 10.2. The topological polar surface area (TPSA) is 115 Å². The first-order valence-corrected chi connectivity index (χ1v) is 6.02. The molecule has 1 heterocycles. The number of ether oxygens (including phenoxy) is 1. The second-order valence-electron chi connectivity index (χ2n) is 3.93. The molecule has 0 saturated heterocycles. The van der Waals surface area contributed by atoms with Gasteiger partial charge < -0.3 is 19.7 Å². The summed E-state index contributed by atoms with van der Waals surface area (Å²) in [5.74, 6) is -1.69. The predicted octanol–water partition coefficient (Wildman–Crippen LogP) is 1.99. The van der Waals surface area contributed by atoms with E-state index in [4.69, 9.17) is 26.0 Å². The number of carboxylic acids is 1. The minimum atomic E-state index is -1.19. The Balaban J connectivity index is 2.32. The van der Waals surface area contributed by atoms with Crippen molar-refractivity contribution in [3.05, 3.63) is 34.4 Å². The van der Waals surface area contributed by atoms with Crippen molar-refractivity contribution in [3.8, 4) is 5.75 Å². The van der Waals surface area contributed by atoms with Crippen LogP contribution in [-0.2, 0) is 0 Å². The van der Waals surface area contributed by atoms with Gasteiger partial charge in [-0.1, -0.05) is 16.8 Å². The number of aryl methyl sites for hydroxylation is 1. The molecule has 0 aliphatic rings. The first-order valence-electron chi connectivity index (χ1n) is 5.65. The van der Waals surface area contributed by atoms with Crippen LogP contribution < -0.4 is 10.1 Å². The second-order valence-corrected chi connectivity index (χ2v) is 4.34. The van der Waals surface area contributed by atoms with Gasteiger partial charge in [0.15, 0.2) is 0 Å². The van der Waals surface area contributed by atoms with E-state index < -0.39 is 11.9 Å². The van der Waals surface area contributed by atoms with Gasteiger partial charge in [0.05, 0.1) is 17.8 Å². The van der Waals surface area contributed by atoms with Gasteiger partial charge >= 0.3 is 5.97 Å². The number of methoxy groups -OCH3 is 1. The number of carbonyl (C=O) groups is 2. The van der Waals surface area contributed by atoms with Crippen LogP contribution in [0.25, 0.3) is 0 Å². The van der Waals surface area contributed by atoms with E-state index in [1.54, 1.807) is 6.92 Å². The Kier molecular flexibility index (Phi) is 4.08. The fraction of sp³-hybridized carbons (Fsp3) is 0.167. The van der Waals surface area contributed by atoms with Crippen LogP contribution in [-0.4, -0.2) is 34.2 Å². The number of carbonyl (C=O) groups excluding carboxylic acids is 1. The van der Waals surface area contributed by atoms with Gasteiger partial charge in [0.1, 0.15) is 11.3 Å². The van der Waals surface area contributed by atoms with E-state index in [1.807, 2.05) is 0 Å². The van der Waals surface area contributed by atoms with Gasteiger partial charge in [0.25, 0.3) is 11.7 Å². The Morgan fingerprint density at radius 1 is 1.43 bits per heavy atom. The number of nitrogens with one attached hydrogen (secondary N) is 1. The summed E-state index contributed by atoms with van der Waals surface area (Å²) >= 11 is 5.94. The molecule has 2 N–H and O–H groups in total. The molecule has 0 bridgehead atoms. The van der Waals surface area contributed by atoms with Gasteiger partial charge in [0, 0.05) is 13.0 Å². The van der Waals surface area contributed by atoms with E-state index in [0.29, 0.717) is 0 Å². The van der Waals surface area contributed by atoms with E-state index in [-0.39, 0.29) is 33.7 Å². The lowest BCUT2D eigenvalue weighted by Crippen LogP contribution is -2.14. The van der Waals surface area contributed by atoms with Crippen molar-refractivity contribution < 1.29 is 24.0 Å². The largest absolute Gasteiger partial charge is 0.496 e. The molecule has 0 spiro atoms. The summed E-state index contributed by atoms with van der Waals surface area (Å²) in [5.41, 5.74) is 0.0573. The third-order valence-corrected chi connectivity index (χ3v) is 2.81. The van der Waals surface area contributed by atoms with Gasteiger partial charge in [-0.3, -0.25) is 4.79 Å². The average molecular weight is 312 g/mol. The number of rotatable bonds is 4. The number of carboxylic acid groups (broad SMARTS) is 1. The number of hydrogen-bond donors (Lipinski definition) is 2. The lowest BCUT2D eigenvalue weighted by Gasteiger charge is -2.10. The van der Waals surface area contributed by atoms with Crippen LogP contribution in [0.1, 0.15) is 26.9 Å². The summed E-state index contributed by atoms with van der Waals surface area (Å²) in [4.78, 5) is 26.7. The number of anilines is 1. The molecule has 21 heavy (non-hydrogen) atoms. The summed E-state index contributed by atoms with van der Waals surface area (Å²) in [6.45, 7) is 1.54. The van der Waals surface area contributed by atoms with Crippen molar-refractivity contribution in [1.29, 1.82) is 0 Å². The molecular formula is C12H10ClN3O5. The Morgan fingerprint density at radius 3 is 2.67 bits per heavy atom. The van der Waals surface area contributed by atoms with E-state index in [1.165, 1.54) is 19.2 Å². The maximum Gasteiger partial charge on any atom is 0.339 e. The number of nitrogens with zero attached hydrogens (tertiary/aromatic N) is 2. The smallest absolute Gasteiger partial charge is 0.339 e. The Labute approximate surface area is 123 Å². The van der Waals surface area contributed by atoms with E-state index in [0.717, 1.165) is 0 Å². The molecule has 1 aromatic heterocycles. The third-order valence-electron chi connectivity index (χ3n) is 2.50. The standard InChI is InChI=1S/C12H10ClN3O5/c1-5-14-10(16-21-5)11(17)15-8-4-9(20-2)6(12(18)19)3-7(8)13/h3-4H,1-2H3,(H,15,17)(H,18,19). The summed E-state index contributed by atoms with van der Waals surface area (Å²) in [7, 11) is 1.31. The molecule has 2 rings (SSSR count). The molecule has 8 nitrogen and oxygen atoms in total. The molecule has 9 heteroatoms. The Hall–Kier alpha value is -2.61. The summed E-state index contributed by atoms with van der Waals surface area (Å²) in [6, 6.07) is 2.48. The Bertz CT molecular complexity index is 713. The first-order chi connectivity index (χ1) is 9.92. The minimum absolute atomic E-state index is 0.0433. The zero-order valence-corrected chi connectivity index (χ0v) is 11.8. The number of benzene rings is 1. The first kappa shape index (κ1) is 14.8. The average Bonchev–Trinajstić information content (AvgIpc) is 2.87. The lowest BCUT2D eigenvalue weighted by molar-refractivity contribution is 0.0693. The zero-order valence-electron chi connectivity index (χ0n) is 11.0. The highest BCUT2D eigenvalue weighted by Crippen LogP contribution is 2.31. The quantitative estimate of drug-likeness (QED) is 0.887. The molecule has 1 aromatic carbocycles. The summed E-state index contributed by atoms with van der Waals surface area (Å²) in [6.07, 6.45) is 0. The van der Waals surface area contributed by atoms with Crippen molar-refractivity contribution >= 4 is 29.2 Å². The maximum atomic E-state index is 11.9. The van der Waals surface area contributed by atoms with Crippen molar-refractivity contribution in [2.75, 3.05) is 12.4 Å². The molecule has 110 valence electrons. The van der Waals surface area contributed by atoms with Gasteiger partial charge in [-0.2, -0.15) is 4.98 Å². The van der Waals surface area contributed by atoms with Crippen molar-refractivity contribution in [3.63, 3.8) is 0 Å². The molecule has 1 amide bonds. The molecule has 0 radical (unpaired) electrons. The number of amides is 1. The van der Waals surface area contributed by atoms with Gasteiger partial charge in [-0.25, -0.2) is 4.79 Å². The third kappa shape index (κ3) is 3.11. The van der Waals surface area contributed by atoms with Crippen molar-refractivity contribution in [2.24, 2.45) is 0 Å². The van der Waals surface area contributed by atoms with Crippen molar-refractivity contribution in [2.45, 2.75) is 6.92 Å². The molecular weight excluding hydrogens is 302 g/mol. The highest BCUT2D eigenvalue weighted by Gasteiger charge is 2.18. The molecule has 0 unspecified atom stereocenters. The Morgan fingerprint density at radius 2 is 2.14 bits per heavy atom. The molecule has 2 aromatic rings. The van der Waals surface area contributed by atoms with Gasteiger partial charge in [-0.15, -0.1) is 0 Å². The number of hydrogen-bond acceptors (Lipinski definition) is 6. The van der Waals surface area contributed by atoms with E-state index in [9.17, 15) is 9.59 Å². The van der Waals surface area contributed by atoms with Gasteiger partial charge in [-0.05, 0) is 6.07 Å². The summed E-state index contributed by atoms with van der Waals surface area (Å²) in [5, 5.41) is 15.0.